The fourth-order valence-electron chi connectivity index (χ4n) is 1.92. The fraction of sp³-hybridized carbons (Fsp3) is 1.00. The monoisotopic (exact) mass is 187 g/mol. The van der Waals surface area contributed by atoms with Gasteiger partial charge in [-0.3, -0.25) is 0 Å². The lowest BCUT2D eigenvalue weighted by molar-refractivity contribution is -0.0417. The summed E-state index contributed by atoms with van der Waals surface area (Å²) in [5.74, 6) is 0. The van der Waals surface area contributed by atoms with E-state index >= 15 is 0 Å². The molecule has 0 heterocycles. The molecule has 0 aromatic heterocycles. The Kier molecular flexibility index (Phi) is 4.40. The summed E-state index contributed by atoms with van der Waals surface area (Å²) >= 11 is 0. The number of methoxy groups -OCH3 is 1. The number of rotatable bonds is 4. The lowest BCUT2D eigenvalue weighted by Gasteiger charge is -2.42. The van der Waals surface area contributed by atoms with Crippen LogP contribution in [0.3, 0.4) is 0 Å². The maximum absolute atomic E-state index is 5.52. The van der Waals surface area contributed by atoms with E-state index in [4.69, 9.17) is 4.74 Å². The minimum absolute atomic E-state index is 0.117. The Bertz CT molecular complexity index is 147. The second kappa shape index (κ2) is 4.43. The molecule has 0 aliphatic rings. The van der Waals surface area contributed by atoms with E-state index in [0.717, 1.165) is 6.54 Å². The van der Waals surface area contributed by atoms with E-state index < -0.39 is 0 Å². The topological polar surface area (TPSA) is 21.3 Å². The van der Waals surface area contributed by atoms with Crippen LogP contribution in [0.1, 0.15) is 41.5 Å². The molecule has 0 bridgehead atoms. The lowest BCUT2D eigenvalue weighted by atomic mass is 9.77. The highest BCUT2D eigenvalue weighted by molar-refractivity contribution is 4.93. The Morgan fingerprint density at radius 1 is 1.15 bits per heavy atom. The van der Waals surface area contributed by atoms with E-state index in [1.54, 1.807) is 7.11 Å². The van der Waals surface area contributed by atoms with Gasteiger partial charge in [0.25, 0.3) is 0 Å². The molecule has 0 radical (unpaired) electrons. The largest absolute Gasteiger partial charge is 0.377 e. The number of hydrogen-bond acceptors (Lipinski definition) is 2. The highest BCUT2D eigenvalue weighted by atomic mass is 16.5. The average molecular weight is 187 g/mol. The lowest BCUT2D eigenvalue weighted by Crippen LogP contribution is -2.55. The summed E-state index contributed by atoms with van der Waals surface area (Å²) in [6.07, 6.45) is 0. The average Bonchev–Trinajstić information content (AvgIpc) is 1.98. The summed E-state index contributed by atoms with van der Waals surface area (Å²) in [6, 6.07) is 0.370. The third-order valence-corrected chi connectivity index (χ3v) is 2.50. The first-order valence-electron chi connectivity index (χ1n) is 5.04. The maximum Gasteiger partial charge on any atom is 0.0780 e. The van der Waals surface area contributed by atoms with E-state index in [1.807, 2.05) is 0 Å². The zero-order valence-electron chi connectivity index (χ0n) is 10.2. The van der Waals surface area contributed by atoms with Crippen LogP contribution in [0.2, 0.25) is 0 Å². The molecule has 13 heavy (non-hydrogen) atoms. The second-order valence-corrected chi connectivity index (χ2v) is 5.16. The molecular formula is C11H25NO. The van der Waals surface area contributed by atoms with E-state index in [1.165, 1.54) is 0 Å². The summed E-state index contributed by atoms with van der Waals surface area (Å²) < 4.78 is 5.52. The molecule has 0 rings (SSSR count). The summed E-state index contributed by atoms with van der Waals surface area (Å²) in [6.45, 7) is 14.1. The normalized spacial score (nSPS) is 15.9. The first kappa shape index (κ1) is 12.9. The number of ether oxygens (including phenoxy) is 1. The summed E-state index contributed by atoms with van der Waals surface area (Å²) in [7, 11) is 1.77. The van der Waals surface area contributed by atoms with Crippen LogP contribution in [-0.4, -0.2) is 25.3 Å². The van der Waals surface area contributed by atoms with Gasteiger partial charge in [-0.05, 0) is 25.8 Å². The van der Waals surface area contributed by atoms with Gasteiger partial charge in [-0.25, -0.2) is 0 Å². The van der Waals surface area contributed by atoms with Gasteiger partial charge in [0.05, 0.1) is 5.60 Å². The molecule has 0 fully saturated rings. The van der Waals surface area contributed by atoms with Crippen LogP contribution in [0.4, 0.5) is 0 Å². The van der Waals surface area contributed by atoms with E-state index in [2.05, 4.69) is 46.9 Å². The molecule has 0 amide bonds. The van der Waals surface area contributed by atoms with Crippen molar-refractivity contribution < 1.29 is 4.74 Å². The van der Waals surface area contributed by atoms with Crippen molar-refractivity contribution in [3.05, 3.63) is 0 Å². The standard InChI is InChI=1S/C11H25NO/c1-8-12-9(10(2,3)4)11(5,6)13-7/h9,12H,8H2,1-7H3. The molecule has 0 aromatic rings. The Balaban J connectivity index is 4.60. The Morgan fingerprint density at radius 3 is 1.85 bits per heavy atom. The molecule has 0 aliphatic carbocycles. The van der Waals surface area contributed by atoms with Crippen LogP contribution >= 0.6 is 0 Å². The van der Waals surface area contributed by atoms with Gasteiger partial charge in [0.1, 0.15) is 0 Å². The second-order valence-electron chi connectivity index (χ2n) is 5.16. The molecule has 0 saturated carbocycles. The predicted octanol–water partition coefficient (Wildman–Crippen LogP) is 2.44. The van der Waals surface area contributed by atoms with Crippen LogP contribution in [0.5, 0.6) is 0 Å². The quantitative estimate of drug-likeness (QED) is 0.730. The zero-order chi connectivity index (χ0) is 10.7. The van der Waals surface area contributed by atoms with E-state index in [0.29, 0.717) is 6.04 Å². The van der Waals surface area contributed by atoms with Crippen molar-refractivity contribution in [2.24, 2.45) is 5.41 Å². The molecule has 1 N–H and O–H groups in total. The van der Waals surface area contributed by atoms with E-state index in [9.17, 15) is 0 Å². The van der Waals surface area contributed by atoms with Crippen molar-refractivity contribution in [1.29, 1.82) is 0 Å². The zero-order valence-corrected chi connectivity index (χ0v) is 10.2. The summed E-state index contributed by atoms with van der Waals surface area (Å²) in [5, 5.41) is 3.49. The van der Waals surface area contributed by atoms with Gasteiger partial charge in [0.2, 0.25) is 0 Å². The van der Waals surface area contributed by atoms with Crippen molar-refractivity contribution in [3.63, 3.8) is 0 Å². The number of hydrogen-bond donors (Lipinski definition) is 1. The molecule has 1 atom stereocenters. The minimum atomic E-state index is -0.117. The van der Waals surface area contributed by atoms with Gasteiger partial charge in [-0.2, -0.15) is 0 Å². The van der Waals surface area contributed by atoms with Crippen LogP contribution in [0, 0.1) is 5.41 Å². The molecule has 0 spiro atoms. The van der Waals surface area contributed by atoms with Gasteiger partial charge in [-0.1, -0.05) is 27.7 Å². The van der Waals surface area contributed by atoms with Crippen molar-refractivity contribution in [2.75, 3.05) is 13.7 Å². The predicted molar refractivity (Wildman–Crippen MR) is 58.0 cm³/mol. The maximum atomic E-state index is 5.52. The van der Waals surface area contributed by atoms with Gasteiger partial charge in [-0.15, -0.1) is 0 Å². The summed E-state index contributed by atoms with van der Waals surface area (Å²) in [4.78, 5) is 0. The van der Waals surface area contributed by atoms with Gasteiger partial charge >= 0.3 is 0 Å². The number of likely N-dealkylation sites (N-methyl/N-ethyl adjacent to an activating group) is 1. The summed E-state index contributed by atoms with van der Waals surface area (Å²) in [5.41, 5.74) is 0.101. The highest BCUT2D eigenvalue weighted by Gasteiger charge is 2.37. The molecule has 2 nitrogen and oxygen atoms in total. The van der Waals surface area contributed by atoms with Gasteiger partial charge < -0.3 is 10.1 Å². The first-order chi connectivity index (χ1) is 5.75. The highest BCUT2D eigenvalue weighted by Crippen LogP contribution is 2.29. The Hall–Kier alpha value is -0.0800. The Labute approximate surface area is 83.1 Å². The molecule has 0 aromatic carbocycles. The molecular weight excluding hydrogens is 162 g/mol. The fourth-order valence-corrected chi connectivity index (χ4v) is 1.92. The molecule has 80 valence electrons. The van der Waals surface area contributed by atoms with Crippen molar-refractivity contribution in [1.82, 2.24) is 5.32 Å². The molecule has 2 heteroatoms. The van der Waals surface area contributed by atoms with Crippen LogP contribution in [0.15, 0.2) is 0 Å². The first-order valence-corrected chi connectivity index (χ1v) is 5.04. The third kappa shape index (κ3) is 3.65. The molecule has 1 unspecified atom stereocenters. The van der Waals surface area contributed by atoms with E-state index in [-0.39, 0.29) is 11.0 Å². The third-order valence-electron chi connectivity index (χ3n) is 2.50. The molecule has 0 saturated heterocycles. The SMILES string of the molecule is CCNC(C(C)(C)C)C(C)(C)OC. The van der Waals surface area contributed by atoms with Crippen LogP contribution < -0.4 is 5.32 Å². The van der Waals surface area contributed by atoms with Crippen LogP contribution in [0.25, 0.3) is 0 Å². The number of nitrogens with one attached hydrogen (secondary N) is 1. The smallest absolute Gasteiger partial charge is 0.0780 e. The van der Waals surface area contributed by atoms with Crippen LogP contribution in [-0.2, 0) is 4.74 Å². The van der Waals surface area contributed by atoms with Crippen molar-refractivity contribution in [2.45, 2.75) is 53.2 Å². The van der Waals surface area contributed by atoms with Crippen molar-refractivity contribution >= 4 is 0 Å². The molecule has 0 aliphatic heterocycles. The van der Waals surface area contributed by atoms with Crippen molar-refractivity contribution in [3.8, 4) is 0 Å². The van der Waals surface area contributed by atoms with Gasteiger partial charge in [0, 0.05) is 13.2 Å². The minimum Gasteiger partial charge on any atom is -0.377 e. The Morgan fingerprint density at radius 2 is 1.62 bits per heavy atom. The van der Waals surface area contributed by atoms with Gasteiger partial charge in [0.15, 0.2) is 0 Å².